The molecule has 0 saturated carbocycles. The minimum Gasteiger partial charge on any atom is -0.356 e. The molecule has 108 valence electrons. The number of amides is 1. The third-order valence-electron chi connectivity index (χ3n) is 2.85. The molecule has 0 unspecified atom stereocenters. The fourth-order valence-corrected chi connectivity index (χ4v) is 2.46. The van der Waals surface area contributed by atoms with E-state index >= 15 is 0 Å². The topological polar surface area (TPSA) is 62.7 Å². The van der Waals surface area contributed by atoms with Gasteiger partial charge in [-0.2, -0.15) is 0 Å². The van der Waals surface area contributed by atoms with Crippen LogP contribution in [0.2, 0.25) is 0 Å². The maximum atomic E-state index is 11.7. The van der Waals surface area contributed by atoms with Gasteiger partial charge >= 0.3 is 0 Å². The van der Waals surface area contributed by atoms with Crippen LogP contribution < -0.4 is 5.32 Å². The molecular formula is C13H17BrN4OS. The van der Waals surface area contributed by atoms with Crippen molar-refractivity contribution in [2.24, 2.45) is 5.92 Å². The van der Waals surface area contributed by atoms with E-state index in [-0.39, 0.29) is 5.91 Å². The van der Waals surface area contributed by atoms with Gasteiger partial charge in [0.1, 0.15) is 0 Å². The molecule has 1 amide bonds. The fraction of sp³-hybridized carbons (Fsp3) is 0.462. The summed E-state index contributed by atoms with van der Waals surface area (Å²) in [6.07, 6.45) is 2.12. The van der Waals surface area contributed by atoms with Crippen molar-refractivity contribution in [3.05, 3.63) is 21.5 Å². The number of hydrogen-bond acceptors (Lipinski definition) is 3. The molecule has 20 heavy (non-hydrogen) atoms. The number of carbonyl (C=O) groups is 1. The Balaban J connectivity index is 2.08. The van der Waals surface area contributed by atoms with E-state index in [1.165, 1.54) is 0 Å². The first-order valence-corrected chi connectivity index (χ1v) is 7.68. The summed E-state index contributed by atoms with van der Waals surface area (Å²) < 4.78 is 3.33. The zero-order valence-corrected chi connectivity index (χ0v) is 13.8. The molecule has 0 aromatic carbocycles. The molecule has 2 rings (SSSR count). The van der Waals surface area contributed by atoms with Gasteiger partial charge < -0.3 is 14.9 Å². The molecule has 0 aliphatic carbocycles. The van der Waals surface area contributed by atoms with E-state index in [2.05, 4.69) is 45.1 Å². The first-order chi connectivity index (χ1) is 9.47. The van der Waals surface area contributed by atoms with Gasteiger partial charge in [0.25, 0.3) is 0 Å². The molecule has 0 atom stereocenters. The van der Waals surface area contributed by atoms with E-state index in [1.807, 2.05) is 10.6 Å². The number of H-pyrrole nitrogens is 1. The second kappa shape index (κ2) is 6.49. The zero-order chi connectivity index (χ0) is 14.7. The highest BCUT2D eigenvalue weighted by Gasteiger charge is 2.08. The normalized spacial score (nSPS) is 11.2. The Hall–Kier alpha value is -1.21. The van der Waals surface area contributed by atoms with Gasteiger partial charge in [0.05, 0.1) is 5.52 Å². The number of fused-ring (bicyclic) bond motifs is 1. The number of halogens is 1. The van der Waals surface area contributed by atoms with Gasteiger partial charge in [0.15, 0.2) is 10.4 Å². The minimum absolute atomic E-state index is 0.0343. The lowest BCUT2D eigenvalue weighted by molar-refractivity contribution is -0.121. The van der Waals surface area contributed by atoms with Crippen LogP contribution in [0.1, 0.15) is 20.3 Å². The lowest BCUT2D eigenvalue weighted by Crippen LogP contribution is -2.28. The molecule has 2 heterocycles. The number of aryl methyl sites for hydroxylation is 1. The van der Waals surface area contributed by atoms with E-state index in [9.17, 15) is 4.79 Å². The summed E-state index contributed by atoms with van der Waals surface area (Å²) in [5, 5.41) is 2.90. The number of pyridine rings is 1. The highest BCUT2D eigenvalue weighted by atomic mass is 79.9. The van der Waals surface area contributed by atoms with Crippen LogP contribution in [-0.2, 0) is 11.3 Å². The summed E-state index contributed by atoms with van der Waals surface area (Å²) in [5.41, 5.74) is 1.64. The predicted molar refractivity (Wildman–Crippen MR) is 85.1 cm³/mol. The van der Waals surface area contributed by atoms with Crippen molar-refractivity contribution in [2.45, 2.75) is 26.8 Å². The highest BCUT2D eigenvalue weighted by Crippen LogP contribution is 2.17. The Morgan fingerprint density at radius 3 is 3.05 bits per heavy atom. The first-order valence-electron chi connectivity index (χ1n) is 6.48. The third-order valence-corrected chi connectivity index (χ3v) is 3.60. The van der Waals surface area contributed by atoms with Gasteiger partial charge in [-0.3, -0.25) is 4.79 Å². The second-order valence-corrected chi connectivity index (χ2v) is 6.36. The smallest absolute Gasteiger partial charge is 0.221 e. The monoisotopic (exact) mass is 356 g/mol. The number of hydrogen-bond donors (Lipinski definition) is 2. The quantitative estimate of drug-likeness (QED) is 0.809. The number of aromatic amines is 1. The van der Waals surface area contributed by atoms with Crippen molar-refractivity contribution in [3.8, 4) is 0 Å². The number of nitrogens with one attached hydrogen (secondary N) is 2. The van der Waals surface area contributed by atoms with Crippen molar-refractivity contribution < 1.29 is 4.79 Å². The van der Waals surface area contributed by atoms with Gasteiger partial charge in [-0.1, -0.05) is 13.8 Å². The molecule has 0 spiro atoms. The van der Waals surface area contributed by atoms with Crippen LogP contribution in [0.15, 0.2) is 16.7 Å². The molecular weight excluding hydrogens is 340 g/mol. The Kier molecular flexibility index (Phi) is 4.93. The van der Waals surface area contributed by atoms with E-state index < -0.39 is 0 Å². The number of nitrogens with zero attached hydrogens (tertiary/aromatic N) is 2. The van der Waals surface area contributed by atoms with Crippen molar-refractivity contribution >= 4 is 45.2 Å². The summed E-state index contributed by atoms with van der Waals surface area (Å²) in [5.74, 6) is 0.486. The average molecular weight is 357 g/mol. The van der Waals surface area contributed by atoms with Crippen LogP contribution in [0.25, 0.3) is 11.2 Å². The van der Waals surface area contributed by atoms with Gasteiger partial charge in [-0.05, 0) is 40.1 Å². The molecule has 5 nitrogen and oxygen atoms in total. The summed E-state index contributed by atoms with van der Waals surface area (Å²) in [7, 11) is 0. The Morgan fingerprint density at radius 2 is 2.35 bits per heavy atom. The summed E-state index contributed by atoms with van der Waals surface area (Å²) in [6, 6.07) is 1.92. The van der Waals surface area contributed by atoms with Gasteiger partial charge in [0, 0.05) is 30.2 Å². The van der Waals surface area contributed by atoms with Crippen molar-refractivity contribution in [3.63, 3.8) is 0 Å². The standard InChI is InChI=1S/C13H17BrN4OS/c1-8(2)6-15-11(19)3-4-18-12-10(17-13(18)20)5-9(14)7-16-12/h5,7-8H,3-4,6H2,1-2H3,(H,15,19)(H,17,20). The molecule has 0 radical (unpaired) electrons. The average Bonchev–Trinajstić information content (AvgIpc) is 2.68. The first kappa shape index (κ1) is 15.2. The van der Waals surface area contributed by atoms with Crippen molar-refractivity contribution in [1.82, 2.24) is 19.9 Å². The van der Waals surface area contributed by atoms with Crippen molar-refractivity contribution in [1.29, 1.82) is 0 Å². The predicted octanol–water partition coefficient (Wildman–Crippen LogP) is 3.02. The number of rotatable bonds is 5. The molecule has 0 bridgehead atoms. The van der Waals surface area contributed by atoms with Crippen LogP contribution in [0, 0.1) is 10.7 Å². The van der Waals surface area contributed by atoms with Crippen LogP contribution in [0.3, 0.4) is 0 Å². The lowest BCUT2D eigenvalue weighted by Gasteiger charge is -2.08. The molecule has 2 aromatic rings. The molecule has 2 N–H and O–H groups in total. The maximum Gasteiger partial charge on any atom is 0.221 e. The van der Waals surface area contributed by atoms with Crippen LogP contribution in [0.5, 0.6) is 0 Å². The fourth-order valence-electron chi connectivity index (χ4n) is 1.85. The molecule has 7 heteroatoms. The lowest BCUT2D eigenvalue weighted by atomic mass is 10.2. The van der Waals surface area contributed by atoms with E-state index in [0.717, 1.165) is 15.6 Å². The van der Waals surface area contributed by atoms with Crippen LogP contribution in [0.4, 0.5) is 0 Å². The summed E-state index contributed by atoms with van der Waals surface area (Å²) in [6.45, 7) is 5.36. The summed E-state index contributed by atoms with van der Waals surface area (Å²) in [4.78, 5) is 19.2. The largest absolute Gasteiger partial charge is 0.356 e. The Morgan fingerprint density at radius 1 is 1.60 bits per heavy atom. The summed E-state index contributed by atoms with van der Waals surface area (Å²) >= 11 is 8.65. The van der Waals surface area contributed by atoms with Gasteiger partial charge in [-0.25, -0.2) is 4.98 Å². The molecule has 0 fully saturated rings. The van der Waals surface area contributed by atoms with E-state index in [4.69, 9.17) is 12.2 Å². The molecule has 0 aliphatic rings. The van der Waals surface area contributed by atoms with Crippen LogP contribution >= 0.6 is 28.1 Å². The van der Waals surface area contributed by atoms with Crippen LogP contribution in [-0.4, -0.2) is 27.0 Å². The third kappa shape index (κ3) is 3.67. The maximum absolute atomic E-state index is 11.7. The number of imidazole rings is 1. The van der Waals surface area contributed by atoms with E-state index in [1.54, 1.807) is 6.20 Å². The minimum atomic E-state index is 0.0343. The van der Waals surface area contributed by atoms with Gasteiger partial charge in [0.2, 0.25) is 5.91 Å². The Labute approximate surface area is 130 Å². The van der Waals surface area contributed by atoms with E-state index in [0.29, 0.717) is 30.2 Å². The zero-order valence-electron chi connectivity index (χ0n) is 11.4. The SMILES string of the molecule is CC(C)CNC(=O)CCn1c(=S)[nH]c2cc(Br)cnc21. The number of carbonyl (C=O) groups excluding carboxylic acids is 1. The molecule has 2 aromatic heterocycles. The molecule has 0 saturated heterocycles. The van der Waals surface area contributed by atoms with Gasteiger partial charge in [-0.15, -0.1) is 0 Å². The second-order valence-electron chi connectivity index (χ2n) is 5.05. The number of aromatic nitrogens is 3. The highest BCUT2D eigenvalue weighted by molar-refractivity contribution is 9.10. The molecule has 0 aliphatic heterocycles. The van der Waals surface area contributed by atoms with Crippen molar-refractivity contribution in [2.75, 3.05) is 6.54 Å². The Bertz CT molecular complexity index is 677.